The number of likely N-dealkylation sites (N-methyl/N-ethyl adjacent to an activating group) is 1. The van der Waals surface area contributed by atoms with Gasteiger partial charge in [-0.2, -0.15) is 0 Å². The zero-order valence-electron chi connectivity index (χ0n) is 9.69. The van der Waals surface area contributed by atoms with Crippen LogP contribution in [0.3, 0.4) is 0 Å². The number of halogens is 1. The summed E-state index contributed by atoms with van der Waals surface area (Å²) in [5.74, 6) is 0. The van der Waals surface area contributed by atoms with Crippen molar-refractivity contribution in [2.75, 3.05) is 24.2 Å². The number of hydrogen-bond acceptors (Lipinski definition) is 3. The third kappa shape index (κ3) is 3.48. The van der Waals surface area contributed by atoms with Gasteiger partial charge < -0.3 is 10.6 Å². The van der Waals surface area contributed by atoms with Gasteiger partial charge in [0, 0.05) is 29.8 Å². The molecule has 0 radical (unpaired) electrons. The van der Waals surface area contributed by atoms with Crippen LogP contribution < -0.4 is 10.6 Å². The molecule has 2 N–H and O–H groups in total. The summed E-state index contributed by atoms with van der Waals surface area (Å²) in [5, 5.41) is 0. The van der Waals surface area contributed by atoms with Gasteiger partial charge in [0.15, 0.2) is 0 Å². The first-order chi connectivity index (χ1) is 8.15. The average molecular weight is 311 g/mol. The molecule has 0 unspecified atom stereocenters. The number of anilines is 2. The molecule has 0 aliphatic heterocycles. The molecule has 1 aromatic carbocycles. The highest BCUT2D eigenvalue weighted by molar-refractivity contribution is 9.11. The van der Waals surface area contributed by atoms with Gasteiger partial charge in [-0.05, 0) is 52.7 Å². The van der Waals surface area contributed by atoms with Gasteiger partial charge in [-0.15, -0.1) is 11.3 Å². The molecule has 0 aliphatic carbocycles. The molecule has 90 valence electrons. The molecule has 0 bridgehead atoms. The topological polar surface area (TPSA) is 29.3 Å². The van der Waals surface area contributed by atoms with Gasteiger partial charge in [-0.25, -0.2) is 0 Å². The molecule has 2 rings (SSSR count). The molecule has 0 atom stereocenters. The zero-order chi connectivity index (χ0) is 12.3. The molecule has 0 aliphatic rings. The van der Waals surface area contributed by atoms with Crippen molar-refractivity contribution in [3.8, 4) is 0 Å². The Kier molecular flexibility index (Phi) is 4.07. The van der Waals surface area contributed by atoms with Crippen molar-refractivity contribution in [2.45, 2.75) is 6.42 Å². The van der Waals surface area contributed by atoms with Crippen LogP contribution in [-0.4, -0.2) is 13.6 Å². The predicted molar refractivity (Wildman–Crippen MR) is 79.8 cm³/mol. The van der Waals surface area contributed by atoms with Crippen LogP contribution >= 0.6 is 27.3 Å². The SMILES string of the molecule is CN(CCc1ccc(Br)s1)c1cccc(N)c1. The van der Waals surface area contributed by atoms with Gasteiger partial charge in [-0.3, -0.25) is 0 Å². The van der Waals surface area contributed by atoms with E-state index in [1.807, 2.05) is 18.2 Å². The van der Waals surface area contributed by atoms with E-state index in [9.17, 15) is 0 Å². The summed E-state index contributed by atoms with van der Waals surface area (Å²) < 4.78 is 1.19. The van der Waals surface area contributed by atoms with Crippen LogP contribution in [0.1, 0.15) is 4.88 Å². The third-order valence-electron chi connectivity index (χ3n) is 2.63. The monoisotopic (exact) mass is 310 g/mol. The highest BCUT2D eigenvalue weighted by Crippen LogP contribution is 2.23. The summed E-state index contributed by atoms with van der Waals surface area (Å²) in [5.41, 5.74) is 7.76. The molecular weight excluding hydrogens is 296 g/mol. The lowest BCUT2D eigenvalue weighted by atomic mass is 10.2. The molecule has 1 aromatic heterocycles. The third-order valence-corrected chi connectivity index (χ3v) is 4.32. The van der Waals surface area contributed by atoms with E-state index < -0.39 is 0 Å². The minimum absolute atomic E-state index is 0.813. The number of rotatable bonds is 4. The number of nitrogens with two attached hydrogens (primary N) is 1. The Morgan fingerprint density at radius 1 is 1.29 bits per heavy atom. The van der Waals surface area contributed by atoms with Crippen molar-refractivity contribution >= 4 is 38.6 Å². The molecule has 0 saturated carbocycles. The summed E-state index contributed by atoms with van der Waals surface area (Å²) >= 11 is 5.28. The lowest BCUT2D eigenvalue weighted by molar-refractivity contribution is 0.888. The number of nitrogens with zero attached hydrogens (tertiary/aromatic N) is 1. The second kappa shape index (κ2) is 5.56. The van der Waals surface area contributed by atoms with Gasteiger partial charge in [0.05, 0.1) is 3.79 Å². The minimum atomic E-state index is 0.813. The minimum Gasteiger partial charge on any atom is -0.399 e. The van der Waals surface area contributed by atoms with Crippen LogP contribution in [0, 0.1) is 0 Å². The maximum absolute atomic E-state index is 5.78. The van der Waals surface area contributed by atoms with Gasteiger partial charge >= 0.3 is 0 Å². The van der Waals surface area contributed by atoms with Gasteiger partial charge in [0.1, 0.15) is 0 Å². The van der Waals surface area contributed by atoms with Crippen molar-refractivity contribution in [3.05, 3.63) is 45.1 Å². The Bertz CT molecular complexity index is 496. The molecule has 17 heavy (non-hydrogen) atoms. The van der Waals surface area contributed by atoms with E-state index in [2.05, 4.69) is 46.1 Å². The fraction of sp³-hybridized carbons (Fsp3) is 0.231. The first kappa shape index (κ1) is 12.5. The Hall–Kier alpha value is -1.00. The maximum Gasteiger partial charge on any atom is 0.0701 e. The van der Waals surface area contributed by atoms with E-state index in [1.165, 1.54) is 14.4 Å². The molecular formula is C13H15BrN2S. The summed E-state index contributed by atoms with van der Waals surface area (Å²) in [6.45, 7) is 0.996. The van der Waals surface area contributed by atoms with Gasteiger partial charge in [0.25, 0.3) is 0 Å². The molecule has 1 heterocycles. The van der Waals surface area contributed by atoms with Crippen LogP contribution in [0.4, 0.5) is 11.4 Å². The molecule has 0 fully saturated rings. The van der Waals surface area contributed by atoms with Crippen LogP contribution in [0.2, 0.25) is 0 Å². The normalized spacial score (nSPS) is 10.5. The van der Waals surface area contributed by atoms with E-state index in [0.717, 1.165) is 18.7 Å². The quantitative estimate of drug-likeness (QED) is 0.871. The van der Waals surface area contributed by atoms with Gasteiger partial charge in [0.2, 0.25) is 0 Å². The average Bonchev–Trinajstić information content (AvgIpc) is 2.72. The fourth-order valence-electron chi connectivity index (χ4n) is 1.66. The summed E-state index contributed by atoms with van der Waals surface area (Å²) in [6.07, 6.45) is 1.06. The lowest BCUT2D eigenvalue weighted by Crippen LogP contribution is -2.19. The molecule has 0 amide bonds. The predicted octanol–water partition coefficient (Wildman–Crippen LogP) is 3.77. The summed E-state index contributed by atoms with van der Waals surface area (Å²) in [6, 6.07) is 12.3. The maximum atomic E-state index is 5.78. The number of benzene rings is 1. The Labute approximate surface area is 114 Å². The van der Waals surface area contributed by atoms with Crippen molar-refractivity contribution in [2.24, 2.45) is 0 Å². The summed E-state index contributed by atoms with van der Waals surface area (Å²) in [4.78, 5) is 3.62. The van der Waals surface area contributed by atoms with Crippen LogP contribution in [-0.2, 0) is 6.42 Å². The van der Waals surface area contributed by atoms with E-state index in [0.29, 0.717) is 0 Å². The Morgan fingerprint density at radius 2 is 2.12 bits per heavy atom. The second-order valence-electron chi connectivity index (χ2n) is 3.97. The van der Waals surface area contributed by atoms with Crippen LogP contribution in [0.15, 0.2) is 40.2 Å². The molecule has 0 spiro atoms. The molecule has 2 nitrogen and oxygen atoms in total. The molecule has 2 aromatic rings. The van der Waals surface area contributed by atoms with Crippen LogP contribution in [0.25, 0.3) is 0 Å². The highest BCUT2D eigenvalue weighted by Gasteiger charge is 2.03. The van der Waals surface area contributed by atoms with Crippen molar-refractivity contribution in [3.63, 3.8) is 0 Å². The van der Waals surface area contributed by atoms with Crippen molar-refractivity contribution in [1.82, 2.24) is 0 Å². The van der Waals surface area contributed by atoms with E-state index in [-0.39, 0.29) is 0 Å². The standard InChI is InChI=1S/C13H15BrN2S/c1-16(11-4-2-3-10(15)9-11)8-7-12-5-6-13(14)17-12/h2-6,9H,7-8,15H2,1H3. The Balaban J connectivity index is 1.95. The molecule has 4 heteroatoms. The zero-order valence-corrected chi connectivity index (χ0v) is 12.1. The first-order valence-electron chi connectivity index (χ1n) is 5.46. The fourth-order valence-corrected chi connectivity index (χ4v) is 3.13. The second-order valence-corrected chi connectivity index (χ2v) is 6.52. The Morgan fingerprint density at radius 3 is 2.76 bits per heavy atom. The van der Waals surface area contributed by atoms with Crippen molar-refractivity contribution in [1.29, 1.82) is 0 Å². The number of hydrogen-bond donors (Lipinski definition) is 1. The smallest absolute Gasteiger partial charge is 0.0701 e. The first-order valence-corrected chi connectivity index (χ1v) is 7.07. The largest absolute Gasteiger partial charge is 0.399 e. The van der Waals surface area contributed by atoms with E-state index >= 15 is 0 Å². The van der Waals surface area contributed by atoms with E-state index in [4.69, 9.17) is 5.73 Å². The highest BCUT2D eigenvalue weighted by atomic mass is 79.9. The van der Waals surface area contributed by atoms with Crippen LogP contribution in [0.5, 0.6) is 0 Å². The number of nitrogen functional groups attached to an aromatic ring is 1. The van der Waals surface area contributed by atoms with E-state index in [1.54, 1.807) is 11.3 Å². The lowest BCUT2D eigenvalue weighted by Gasteiger charge is -2.19. The molecule has 0 saturated heterocycles. The van der Waals surface area contributed by atoms with Crippen molar-refractivity contribution < 1.29 is 0 Å². The van der Waals surface area contributed by atoms with Gasteiger partial charge in [-0.1, -0.05) is 6.07 Å². The summed E-state index contributed by atoms with van der Waals surface area (Å²) in [7, 11) is 2.09. The number of thiophene rings is 1.